The van der Waals surface area contributed by atoms with Crippen molar-refractivity contribution < 1.29 is 32.3 Å². The van der Waals surface area contributed by atoms with Crippen LogP contribution in [0, 0.1) is 0 Å². The average Bonchev–Trinajstić information content (AvgIpc) is 2.47. The number of rotatable bonds is 6. The molecule has 0 heterocycles. The second-order valence-electron chi connectivity index (χ2n) is 5.05. The van der Waals surface area contributed by atoms with Crippen molar-refractivity contribution in [1.29, 1.82) is 0 Å². The van der Waals surface area contributed by atoms with Gasteiger partial charge < -0.3 is 15.4 Å². The van der Waals surface area contributed by atoms with Crippen molar-refractivity contribution in [1.82, 2.24) is 5.32 Å². The Balaban J connectivity index is 2.66. The highest BCUT2D eigenvalue weighted by Crippen LogP contribution is 2.33. The Kier molecular flexibility index (Phi) is 7.22. The standard InChI is InChI=1S/C15H16ClF3N2O4/c1-8(25-13(23)5-6-20-9(2)22)14(24)21-12-7-10(15(17,18)19)3-4-11(12)16/h3-4,7-8H,5-6H2,1-2H3,(H,20,22)(H,21,24). The number of esters is 1. The lowest BCUT2D eigenvalue weighted by atomic mass is 10.2. The number of hydrogen-bond acceptors (Lipinski definition) is 4. The summed E-state index contributed by atoms with van der Waals surface area (Å²) in [5.41, 5.74) is -1.23. The highest BCUT2D eigenvalue weighted by atomic mass is 35.5. The van der Waals surface area contributed by atoms with Crippen LogP contribution < -0.4 is 10.6 Å². The van der Waals surface area contributed by atoms with E-state index in [4.69, 9.17) is 16.3 Å². The number of carbonyl (C=O) groups is 3. The quantitative estimate of drug-likeness (QED) is 0.743. The van der Waals surface area contributed by atoms with Gasteiger partial charge in [-0.15, -0.1) is 0 Å². The minimum Gasteiger partial charge on any atom is -0.452 e. The van der Waals surface area contributed by atoms with Gasteiger partial charge in [-0.2, -0.15) is 13.2 Å². The summed E-state index contributed by atoms with van der Waals surface area (Å²) in [5.74, 6) is -1.90. The van der Waals surface area contributed by atoms with Crippen molar-refractivity contribution in [3.05, 3.63) is 28.8 Å². The number of carbonyl (C=O) groups excluding carboxylic acids is 3. The second-order valence-corrected chi connectivity index (χ2v) is 5.45. The van der Waals surface area contributed by atoms with Gasteiger partial charge in [-0.1, -0.05) is 11.6 Å². The summed E-state index contributed by atoms with van der Waals surface area (Å²) < 4.78 is 42.9. The third-order valence-corrected chi connectivity index (χ3v) is 3.26. The Bertz CT molecular complexity index is 665. The molecule has 1 rings (SSSR count). The van der Waals surface area contributed by atoms with E-state index in [1.54, 1.807) is 0 Å². The van der Waals surface area contributed by atoms with Gasteiger partial charge in [0.1, 0.15) is 0 Å². The molecule has 1 atom stereocenters. The zero-order valence-electron chi connectivity index (χ0n) is 13.4. The van der Waals surface area contributed by atoms with E-state index in [9.17, 15) is 27.6 Å². The van der Waals surface area contributed by atoms with Crippen LogP contribution >= 0.6 is 11.6 Å². The molecule has 0 aliphatic rings. The van der Waals surface area contributed by atoms with Crippen LogP contribution in [0.3, 0.4) is 0 Å². The number of ether oxygens (including phenoxy) is 1. The monoisotopic (exact) mass is 380 g/mol. The van der Waals surface area contributed by atoms with Crippen molar-refractivity contribution in [3.63, 3.8) is 0 Å². The molecule has 0 aromatic heterocycles. The zero-order chi connectivity index (χ0) is 19.2. The van der Waals surface area contributed by atoms with E-state index in [1.165, 1.54) is 13.8 Å². The van der Waals surface area contributed by atoms with Gasteiger partial charge in [-0.3, -0.25) is 14.4 Å². The molecule has 0 radical (unpaired) electrons. The molecule has 0 fully saturated rings. The lowest BCUT2D eigenvalue weighted by Crippen LogP contribution is -2.31. The number of alkyl halides is 3. The Morgan fingerprint density at radius 2 is 1.92 bits per heavy atom. The van der Waals surface area contributed by atoms with Crippen molar-refractivity contribution in [3.8, 4) is 0 Å². The summed E-state index contributed by atoms with van der Waals surface area (Å²) >= 11 is 5.77. The van der Waals surface area contributed by atoms with Crippen LogP contribution in [-0.4, -0.2) is 30.4 Å². The third-order valence-electron chi connectivity index (χ3n) is 2.93. The van der Waals surface area contributed by atoms with Gasteiger partial charge in [0.05, 0.1) is 22.7 Å². The fraction of sp³-hybridized carbons (Fsp3) is 0.400. The smallest absolute Gasteiger partial charge is 0.416 e. The summed E-state index contributed by atoms with van der Waals surface area (Å²) in [6.45, 7) is 2.58. The number of nitrogens with one attached hydrogen (secondary N) is 2. The van der Waals surface area contributed by atoms with E-state index in [0.717, 1.165) is 12.1 Å². The molecule has 25 heavy (non-hydrogen) atoms. The molecule has 0 spiro atoms. The maximum atomic E-state index is 12.7. The molecule has 138 valence electrons. The van der Waals surface area contributed by atoms with Gasteiger partial charge in [0.25, 0.3) is 5.91 Å². The van der Waals surface area contributed by atoms with Crippen LogP contribution in [0.25, 0.3) is 0 Å². The Hall–Kier alpha value is -2.29. The molecule has 6 nitrogen and oxygen atoms in total. The molecule has 0 saturated carbocycles. The molecular weight excluding hydrogens is 365 g/mol. The lowest BCUT2D eigenvalue weighted by molar-refractivity contribution is -0.153. The fourth-order valence-electron chi connectivity index (χ4n) is 1.68. The van der Waals surface area contributed by atoms with Gasteiger partial charge in [0.2, 0.25) is 5.91 Å². The summed E-state index contributed by atoms with van der Waals surface area (Å²) in [5, 5.41) is 4.47. The van der Waals surface area contributed by atoms with Crippen LogP contribution in [0.1, 0.15) is 25.8 Å². The van der Waals surface area contributed by atoms with E-state index in [2.05, 4.69) is 10.6 Å². The lowest BCUT2D eigenvalue weighted by Gasteiger charge is -2.15. The van der Waals surface area contributed by atoms with Crippen LogP contribution in [0.15, 0.2) is 18.2 Å². The first kappa shape index (κ1) is 20.8. The Labute approximate surface area is 146 Å². The van der Waals surface area contributed by atoms with E-state index in [0.29, 0.717) is 6.07 Å². The Morgan fingerprint density at radius 1 is 1.28 bits per heavy atom. The first-order chi connectivity index (χ1) is 11.5. The number of hydrogen-bond donors (Lipinski definition) is 2. The SMILES string of the molecule is CC(=O)NCCC(=O)OC(C)C(=O)Nc1cc(C(F)(F)F)ccc1Cl. The molecule has 0 bridgehead atoms. The fourth-order valence-corrected chi connectivity index (χ4v) is 1.85. The molecule has 2 N–H and O–H groups in total. The predicted molar refractivity (Wildman–Crippen MR) is 83.9 cm³/mol. The number of halogens is 4. The van der Waals surface area contributed by atoms with Crippen LogP contribution in [0.2, 0.25) is 5.02 Å². The molecule has 0 saturated heterocycles. The topological polar surface area (TPSA) is 84.5 Å². The largest absolute Gasteiger partial charge is 0.452 e. The second kappa shape index (κ2) is 8.70. The van der Waals surface area contributed by atoms with Crippen molar-refractivity contribution in [2.75, 3.05) is 11.9 Å². The van der Waals surface area contributed by atoms with Crippen molar-refractivity contribution in [2.45, 2.75) is 32.5 Å². The van der Waals surface area contributed by atoms with E-state index in [-0.39, 0.29) is 29.6 Å². The van der Waals surface area contributed by atoms with Crippen molar-refractivity contribution >= 4 is 35.1 Å². The summed E-state index contributed by atoms with van der Waals surface area (Å²) in [4.78, 5) is 34.1. The normalized spacial score (nSPS) is 12.2. The minimum absolute atomic E-state index is 0.0436. The van der Waals surface area contributed by atoms with E-state index in [1.807, 2.05) is 0 Å². The molecule has 1 aromatic rings. The third kappa shape index (κ3) is 7.00. The Morgan fingerprint density at radius 3 is 2.48 bits per heavy atom. The molecule has 0 aliphatic carbocycles. The first-order valence-corrected chi connectivity index (χ1v) is 7.50. The molecular formula is C15H16ClF3N2O4. The van der Waals surface area contributed by atoms with Crippen LogP contribution in [0.4, 0.5) is 18.9 Å². The number of amides is 2. The molecule has 2 amide bonds. The van der Waals surface area contributed by atoms with Gasteiger partial charge in [0, 0.05) is 13.5 Å². The van der Waals surface area contributed by atoms with Crippen molar-refractivity contribution in [2.24, 2.45) is 0 Å². The van der Waals surface area contributed by atoms with Crippen LogP contribution in [-0.2, 0) is 25.3 Å². The molecule has 1 aromatic carbocycles. The molecule has 1 unspecified atom stereocenters. The van der Waals surface area contributed by atoms with Gasteiger partial charge >= 0.3 is 12.1 Å². The predicted octanol–water partition coefficient (Wildman–Crippen LogP) is 2.76. The summed E-state index contributed by atoms with van der Waals surface area (Å²) in [6, 6.07) is 2.47. The van der Waals surface area contributed by atoms with Gasteiger partial charge in [-0.05, 0) is 25.1 Å². The van der Waals surface area contributed by atoms with Gasteiger partial charge in [0.15, 0.2) is 6.10 Å². The molecule has 0 aliphatic heterocycles. The van der Waals surface area contributed by atoms with Crippen LogP contribution in [0.5, 0.6) is 0 Å². The maximum Gasteiger partial charge on any atom is 0.416 e. The average molecular weight is 381 g/mol. The summed E-state index contributed by atoms with van der Waals surface area (Å²) in [7, 11) is 0. The highest BCUT2D eigenvalue weighted by Gasteiger charge is 2.31. The van der Waals surface area contributed by atoms with E-state index >= 15 is 0 Å². The van der Waals surface area contributed by atoms with Gasteiger partial charge in [-0.25, -0.2) is 0 Å². The number of anilines is 1. The zero-order valence-corrected chi connectivity index (χ0v) is 14.1. The maximum absolute atomic E-state index is 12.7. The highest BCUT2D eigenvalue weighted by molar-refractivity contribution is 6.33. The number of benzene rings is 1. The first-order valence-electron chi connectivity index (χ1n) is 7.12. The minimum atomic E-state index is -4.59. The summed E-state index contributed by atoms with van der Waals surface area (Å²) in [6.07, 6.45) is -6.00. The van der Waals surface area contributed by atoms with E-state index < -0.39 is 29.7 Å². The molecule has 10 heteroatoms.